The molecule has 1 fully saturated rings. The summed E-state index contributed by atoms with van der Waals surface area (Å²) in [5.74, 6) is 0.753. The van der Waals surface area contributed by atoms with Crippen LogP contribution in [0.3, 0.4) is 0 Å². The van der Waals surface area contributed by atoms with Gasteiger partial charge >= 0.3 is 0 Å². The highest BCUT2D eigenvalue weighted by Crippen LogP contribution is 2.16. The highest BCUT2D eigenvalue weighted by molar-refractivity contribution is 5.91. The summed E-state index contributed by atoms with van der Waals surface area (Å²) in [4.78, 5) is 15.9. The summed E-state index contributed by atoms with van der Waals surface area (Å²) in [5.41, 5.74) is 1.69. The number of aromatic nitrogens is 1. The molecule has 0 spiro atoms. The van der Waals surface area contributed by atoms with Gasteiger partial charge in [0.25, 0.3) is 0 Å². The molecule has 1 aliphatic heterocycles. The Kier molecular flexibility index (Phi) is 4.09. The van der Waals surface area contributed by atoms with Gasteiger partial charge in [0.1, 0.15) is 0 Å². The maximum atomic E-state index is 11.8. The van der Waals surface area contributed by atoms with E-state index in [-0.39, 0.29) is 5.91 Å². The Morgan fingerprint density at radius 2 is 2.53 bits per heavy atom. The van der Waals surface area contributed by atoms with Gasteiger partial charge in [-0.3, -0.25) is 9.78 Å². The average molecular weight is 233 g/mol. The lowest BCUT2D eigenvalue weighted by Gasteiger charge is -2.09. The number of amides is 1. The minimum Gasteiger partial charge on any atom is -0.325 e. The largest absolute Gasteiger partial charge is 0.325 e. The summed E-state index contributed by atoms with van der Waals surface area (Å²) in [5, 5.41) is 6.23. The first kappa shape index (κ1) is 12.0. The summed E-state index contributed by atoms with van der Waals surface area (Å²) >= 11 is 0. The molecule has 0 aromatic carbocycles. The Morgan fingerprint density at radius 1 is 1.65 bits per heavy atom. The van der Waals surface area contributed by atoms with Gasteiger partial charge in [0.15, 0.2) is 0 Å². The van der Waals surface area contributed by atoms with Crippen molar-refractivity contribution in [3.8, 4) is 0 Å². The van der Waals surface area contributed by atoms with Crippen LogP contribution in [0.1, 0.15) is 25.0 Å². The van der Waals surface area contributed by atoms with Crippen LogP contribution in [0.5, 0.6) is 0 Å². The van der Waals surface area contributed by atoms with Gasteiger partial charge in [0.05, 0.1) is 11.4 Å². The van der Waals surface area contributed by atoms with E-state index in [1.165, 1.54) is 6.42 Å². The van der Waals surface area contributed by atoms with Crippen molar-refractivity contribution < 1.29 is 4.79 Å². The first-order valence-corrected chi connectivity index (χ1v) is 6.18. The van der Waals surface area contributed by atoms with E-state index in [4.69, 9.17) is 0 Å². The highest BCUT2D eigenvalue weighted by Gasteiger charge is 2.15. The van der Waals surface area contributed by atoms with Gasteiger partial charge in [-0.2, -0.15) is 0 Å². The molecule has 0 radical (unpaired) electrons. The van der Waals surface area contributed by atoms with Gasteiger partial charge < -0.3 is 10.6 Å². The molecule has 2 heterocycles. The smallest absolute Gasteiger partial charge is 0.224 e. The van der Waals surface area contributed by atoms with Crippen molar-refractivity contribution in [2.75, 3.05) is 18.4 Å². The number of rotatable bonds is 4. The Bertz CT molecular complexity index is 386. The molecule has 17 heavy (non-hydrogen) atoms. The van der Waals surface area contributed by atoms with E-state index in [9.17, 15) is 4.79 Å². The minimum absolute atomic E-state index is 0.0907. The number of carbonyl (C=O) groups is 1. The number of carbonyl (C=O) groups excluding carboxylic acids is 1. The van der Waals surface area contributed by atoms with Crippen molar-refractivity contribution in [2.45, 2.75) is 26.2 Å². The fraction of sp³-hybridized carbons (Fsp3) is 0.538. The quantitative estimate of drug-likeness (QED) is 0.832. The van der Waals surface area contributed by atoms with Crippen LogP contribution in [0, 0.1) is 12.8 Å². The second-order valence-corrected chi connectivity index (χ2v) is 4.58. The lowest BCUT2D eigenvalue weighted by atomic mass is 10.0. The molecule has 1 saturated heterocycles. The first-order valence-electron chi connectivity index (χ1n) is 6.18. The second kappa shape index (κ2) is 5.77. The number of nitrogens with zero attached hydrogens (tertiary/aromatic N) is 1. The lowest BCUT2D eigenvalue weighted by Crippen LogP contribution is -2.15. The standard InChI is InChI=1S/C13H19N3O/c1-10-12(3-2-7-15-10)16-13(17)5-4-11-6-8-14-9-11/h2-3,7,11,14H,4-6,8-9H2,1H3,(H,16,17). The molecule has 0 saturated carbocycles. The molecule has 1 aromatic heterocycles. The highest BCUT2D eigenvalue weighted by atomic mass is 16.1. The van der Waals surface area contributed by atoms with Gasteiger partial charge in [0.2, 0.25) is 5.91 Å². The summed E-state index contributed by atoms with van der Waals surface area (Å²) in [6.07, 6.45) is 4.49. The minimum atomic E-state index is 0.0907. The predicted octanol–water partition coefficient (Wildman–Crippen LogP) is 1.72. The van der Waals surface area contributed by atoms with Crippen LogP contribution in [0.4, 0.5) is 5.69 Å². The zero-order valence-corrected chi connectivity index (χ0v) is 10.2. The van der Waals surface area contributed by atoms with E-state index < -0.39 is 0 Å². The predicted molar refractivity (Wildman–Crippen MR) is 67.8 cm³/mol. The summed E-state index contributed by atoms with van der Waals surface area (Å²) in [7, 11) is 0. The van der Waals surface area contributed by atoms with Crippen molar-refractivity contribution in [1.29, 1.82) is 0 Å². The van der Waals surface area contributed by atoms with Gasteiger partial charge in [-0.25, -0.2) is 0 Å². The third-order valence-corrected chi connectivity index (χ3v) is 3.22. The number of nitrogens with one attached hydrogen (secondary N) is 2. The fourth-order valence-electron chi connectivity index (χ4n) is 2.13. The van der Waals surface area contributed by atoms with E-state index >= 15 is 0 Å². The fourth-order valence-corrected chi connectivity index (χ4v) is 2.13. The first-order chi connectivity index (χ1) is 8.25. The molecule has 0 bridgehead atoms. The number of anilines is 1. The topological polar surface area (TPSA) is 54.0 Å². The molecular formula is C13H19N3O. The third kappa shape index (κ3) is 3.53. The van der Waals surface area contributed by atoms with Gasteiger partial charge in [0, 0.05) is 12.6 Å². The van der Waals surface area contributed by atoms with Crippen molar-refractivity contribution in [1.82, 2.24) is 10.3 Å². The molecule has 1 unspecified atom stereocenters. The molecule has 1 aliphatic rings. The van der Waals surface area contributed by atoms with Crippen LogP contribution in [-0.4, -0.2) is 24.0 Å². The molecule has 4 nitrogen and oxygen atoms in total. The van der Waals surface area contributed by atoms with Gasteiger partial charge in [-0.15, -0.1) is 0 Å². The van der Waals surface area contributed by atoms with Crippen LogP contribution >= 0.6 is 0 Å². The molecule has 4 heteroatoms. The molecule has 1 atom stereocenters. The number of aryl methyl sites for hydroxylation is 1. The summed E-state index contributed by atoms with van der Waals surface area (Å²) < 4.78 is 0. The SMILES string of the molecule is Cc1ncccc1NC(=O)CCC1CCNC1. The molecule has 1 aromatic rings. The van der Waals surface area contributed by atoms with Crippen LogP contribution in [0.2, 0.25) is 0 Å². The van der Waals surface area contributed by atoms with Crippen molar-refractivity contribution in [2.24, 2.45) is 5.92 Å². The second-order valence-electron chi connectivity index (χ2n) is 4.58. The van der Waals surface area contributed by atoms with Gasteiger partial charge in [-0.1, -0.05) is 0 Å². The van der Waals surface area contributed by atoms with E-state index in [2.05, 4.69) is 15.6 Å². The number of hydrogen-bond donors (Lipinski definition) is 2. The number of pyridine rings is 1. The Morgan fingerprint density at radius 3 is 3.24 bits per heavy atom. The lowest BCUT2D eigenvalue weighted by molar-refractivity contribution is -0.116. The normalized spacial score (nSPS) is 19.2. The Balaban J connectivity index is 1.79. The molecule has 0 aliphatic carbocycles. The maximum Gasteiger partial charge on any atom is 0.224 e. The van der Waals surface area contributed by atoms with Crippen LogP contribution in [0.25, 0.3) is 0 Å². The van der Waals surface area contributed by atoms with E-state index in [0.717, 1.165) is 30.9 Å². The zero-order valence-electron chi connectivity index (χ0n) is 10.2. The average Bonchev–Trinajstić information content (AvgIpc) is 2.82. The Hall–Kier alpha value is -1.42. The zero-order chi connectivity index (χ0) is 12.1. The molecule has 1 amide bonds. The molecule has 2 N–H and O–H groups in total. The van der Waals surface area contributed by atoms with Crippen molar-refractivity contribution in [3.63, 3.8) is 0 Å². The monoisotopic (exact) mass is 233 g/mol. The van der Waals surface area contributed by atoms with Crippen LogP contribution < -0.4 is 10.6 Å². The molecule has 2 rings (SSSR count). The Labute approximate surface area is 102 Å². The molecule has 92 valence electrons. The number of hydrogen-bond acceptors (Lipinski definition) is 3. The van der Waals surface area contributed by atoms with Crippen molar-refractivity contribution in [3.05, 3.63) is 24.0 Å². The maximum absolute atomic E-state index is 11.8. The summed E-state index contributed by atoms with van der Waals surface area (Å²) in [6.45, 7) is 4.05. The van der Waals surface area contributed by atoms with E-state index in [1.807, 2.05) is 19.1 Å². The molecular weight excluding hydrogens is 214 g/mol. The van der Waals surface area contributed by atoms with E-state index in [1.54, 1.807) is 6.20 Å². The van der Waals surface area contributed by atoms with Crippen LogP contribution in [0.15, 0.2) is 18.3 Å². The van der Waals surface area contributed by atoms with Crippen molar-refractivity contribution >= 4 is 11.6 Å². The van der Waals surface area contributed by atoms with Crippen LogP contribution in [-0.2, 0) is 4.79 Å². The van der Waals surface area contributed by atoms with E-state index in [0.29, 0.717) is 12.3 Å². The third-order valence-electron chi connectivity index (χ3n) is 3.22. The van der Waals surface area contributed by atoms with Gasteiger partial charge in [-0.05, 0) is 50.9 Å². The summed E-state index contributed by atoms with van der Waals surface area (Å²) in [6, 6.07) is 3.72.